The molecule has 4 rings (SSSR count). The molecule has 1 amide bonds. The standard InChI is InChI=1S/C20H22N6O2.ClH/c27-19(18-14-26(24-23-18)16-8-10-21-11-9-16)22-17-7-4-12-25(20(17)28)13-15-5-2-1-3-6-15;/h1-7,12,14,16,21H,8-11,13H2,(H,22,27);1H. The van der Waals surface area contributed by atoms with Gasteiger partial charge < -0.3 is 15.2 Å². The van der Waals surface area contributed by atoms with E-state index in [1.165, 1.54) is 0 Å². The number of amides is 1. The Labute approximate surface area is 174 Å². The van der Waals surface area contributed by atoms with Gasteiger partial charge in [-0.25, -0.2) is 4.68 Å². The number of aromatic nitrogens is 4. The van der Waals surface area contributed by atoms with E-state index in [9.17, 15) is 9.59 Å². The number of halogens is 1. The van der Waals surface area contributed by atoms with Crippen molar-refractivity contribution in [1.29, 1.82) is 0 Å². The Morgan fingerprint density at radius 3 is 2.66 bits per heavy atom. The van der Waals surface area contributed by atoms with Crippen molar-refractivity contribution in [1.82, 2.24) is 24.9 Å². The van der Waals surface area contributed by atoms with Crippen molar-refractivity contribution in [2.24, 2.45) is 0 Å². The highest BCUT2D eigenvalue weighted by Crippen LogP contribution is 2.17. The molecule has 3 aromatic rings. The van der Waals surface area contributed by atoms with E-state index in [2.05, 4.69) is 20.9 Å². The van der Waals surface area contributed by atoms with Crippen molar-refractivity contribution in [2.75, 3.05) is 18.4 Å². The molecule has 0 atom stereocenters. The monoisotopic (exact) mass is 414 g/mol. The van der Waals surface area contributed by atoms with Gasteiger partial charge in [-0.1, -0.05) is 35.5 Å². The van der Waals surface area contributed by atoms with E-state index in [-0.39, 0.29) is 35.4 Å². The molecule has 1 fully saturated rings. The summed E-state index contributed by atoms with van der Waals surface area (Å²) in [5.74, 6) is -0.435. The Kier molecular flexibility index (Phi) is 6.79. The summed E-state index contributed by atoms with van der Waals surface area (Å²) in [6, 6.07) is 13.3. The first-order valence-electron chi connectivity index (χ1n) is 9.38. The van der Waals surface area contributed by atoms with Crippen LogP contribution in [0.25, 0.3) is 0 Å². The molecule has 1 aliphatic heterocycles. The van der Waals surface area contributed by atoms with Gasteiger partial charge in [-0.3, -0.25) is 9.59 Å². The maximum absolute atomic E-state index is 12.7. The Bertz CT molecular complexity index is 1010. The maximum Gasteiger partial charge on any atom is 0.277 e. The van der Waals surface area contributed by atoms with Crippen molar-refractivity contribution in [3.63, 3.8) is 0 Å². The number of nitrogens with zero attached hydrogens (tertiary/aromatic N) is 4. The molecule has 1 aliphatic rings. The quantitative estimate of drug-likeness (QED) is 0.666. The second-order valence-electron chi connectivity index (χ2n) is 6.86. The fourth-order valence-electron chi connectivity index (χ4n) is 3.35. The summed E-state index contributed by atoms with van der Waals surface area (Å²) in [6.45, 7) is 2.29. The summed E-state index contributed by atoms with van der Waals surface area (Å²) >= 11 is 0. The summed E-state index contributed by atoms with van der Waals surface area (Å²) < 4.78 is 3.31. The smallest absolute Gasteiger partial charge is 0.277 e. The molecule has 0 unspecified atom stereocenters. The molecule has 0 aliphatic carbocycles. The molecule has 0 radical (unpaired) electrons. The molecule has 0 spiro atoms. The van der Waals surface area contributed by atoms with Gasteiger partial charge in [0.05, 0.1) is 18.8 Å². The predicted molar refractivity (Wildman–Crippen MR) is 113 cm³/mol. The number of piperidine rings is 1. The van der Waals surface area contributed by atoms with Crippen molar-refractivity contribution in [2.45, 2.75) is 25.4 Å². The molecule has 152 valence electrons. The third-order valence-electron chi connectivity index (χ3n) is 4.89. The third kappa shape index (κ3) is 4.90. The van der Waals surface area contributed by atoms with Gasteiger partial charge >= 0.3 is 0 Å². The van der Waals surface area contributed by atoms with Gasteiger partial charge in [0, 0.05) is 6.20 Å². The molecular weight excluding hydrogens is 392 g/mol. The normalized spacial score (nSPS) is 14.2. The van der Waals surface area contributed by atoms with Gasteiger partial charge in [-0.05, 0) is 43.6 Å². The summed E-state index contributed by atoms with van der Waals surface area (Å²) in [5, 5.41) is 14.0. The molecule has 3 heterocycles. The Balaban J connectivity index is 0.00000240. The van der Waals surface area contributed by atoms with Gasteiger partial charge in [-0.15, -0.1) is 17.5 Å². The molecule has 2 N–H and O–H groups in total. The molecule has 29 heavy (non-hydrogen) atoms. The van der Waals surface area contributed by atoms with Crippen molar-refractivity contribution in [3.8, 4) is 0 Å². The average molecular weight is 415 g/mol. The highest BCUT2D eigenvalue weighted by Gasteiger charge is 2.19. The van der Waals surface area contributed by atoms with Gasteiger partial charge in [0.15, 0.2) is 5.69 Å². The summed E-state index contributed by atoms with van der Waals surface area (Å²) in [7, 11) is 0. The summed E-state index contributed by atoms with van der Waals surface area (Å²) in [4.78, 5) is 25.2. The van der Waals surface area contributed by atoms with Crippen LogP contribution in [-0.2, 0) is 6.54 Å². The van der Waals surface area contributed by atoms with Crippen molar-refractivity contribution in [3.05, 3.63) is 76.5 Å². The van der Waals surface area contributed by atoms with E-state index in [4.69, 9.17) is 0 Å². The van der Waals surface area contributed by atoms with Crippen LogP contribution < -0.4 is 16.2 Å². The number of carbonyl (C=O) groups is 1. The van der Waals surface area contributed by atoms with E-state index >= 15 is 0 Å². The fraction of sp³-hybridized carbons (Fsp3) is 0.300. The molecular formula is C20H23ClN6O2. The van der Waals surface area contributed by atoms with Crippen LogP contribution in [0, 0.1) is 0 Å². The minimum Gasteiger partial charge on any atom is -0.317 e. The van der Waals surface area contributed by atoms with Crippen LogP contribution in [0.5, 0.6) is 0 Å². The zero-order chi connectivity index (χ0) is 19.3. The minimum atomic E-state index is -0.435. The lowest BCUT2D eigenvalue weighted by molar-refractivity contribution is 0.102. The first-order valence-corrected chi connectivity index (χ1v) is 9.38. The number of rotatable bonds is 5. The zero-order valence-electron chi connectivity index (χ0n) is 15.8. The van der Waals surface area contributed by atoms with E-state index in [1.54, 1.807) is 33.8 Å². The van der Waals surface area contributed by atoms with E-state index in [0.717, 1.165) is 31.5 Å². The topological polar surface area (TPSA) is 93.8 Å². The molecule has 0 bridgehead atoms. The van der Waals surface area contributed by atoms with Crippen LogP contribution >= 0.6 is 12.4 Å². The average Bonchev–Trinajstić information content (AvgIpc) is 3.23. The molecule has 1 saturated heterocycles. The van der Waals surface area contributed by atoms with Crippen LogP contribution in [0.3, 0.4) is 0 Å². The number of nitrogens with one attached hydrogen (secondary N) is 2. The first kappa shape index (κ1) is 20.8. The van der Waals surface area contributed by atoms with Crippen molar-refractivity contribution < 1.29 is 4.79 Å². The van der Waals surface area contributed by atoms with Crippen LogP contribution in [0.15, 0.2) is 59.7 Å². The van der Waals surface area contributed by atoms with Gasteiger partial charge in [0.2, 0.25) is 0 Å². The van der Waals surface area contributed by atoms with E-state index in [1.807, 2.05) is 30.3 Å². The molecule has 1 aromatic carbocycles. The minimum absolute atomic E-state index is 0. The molecule has 0 saturated carbocycles. The lowest BCUT2D eigenvalue weighted by Gasteiger charge is -2.22. The number of anilines is 1. The van der Waals surface area contributed by atoms with E-state index in [0.29, 0.717) is 6.54 Å². The second-order valence-corrected chi connectivity index (χ2v) is 6.86. The summed E-state index contributed by atoms with van der Waals surface area (Å²) in [6.07, 6.45) is 5.26. The number of benzene rings is 1. The number of carbonyl (C=O) groups excluding carboxylic acids is 1. The number of hydrogen-bond donors (Lipinski definition) is 2. The molecule has 9 heteroatoms. The van der Waals surface area contributed by atoms with Crippen LogP contribution in [-0.4, -0.2) is 38.6 Å². The fourth-order valence-corrected chi connectivity index (χ4v) is 3.35. The number of pyridine rings is 1. The molecule has 2 aromatic heterocycles. The van der Waals surface area contributed by atoms with Crippen LogP contribution in [0.1, 0.15) is 34.9 Å². The SMILES string of the molecule is Cl.O=C(Nc1cccn(Cc2ccccc2)c1=O)c1cn(C2CCNCC2)nn1. The maximum atomic E-state index is 12.7. The zero-order valence-corrected chi connectivity index (χ0v) is 16.6. The van der Waals surface area contributed by atoms with Gasteiger partial charge in [-0.2, -0.15) is 0 Å². The summed E-state index contributed by atoms with van der Waals surface area (Å²) in [5.41, 5.74) is 1.18. The number of hydrogen-bond acceptors (Lipinski definition) is 5. The van der Waals surface area contributed by atoms with Crippen LogP contribution in [0.2, 0.25) is 0 Å². The van der Waals surface area contributed by atoms with Crippen molar-refractivity contribution >= 4 is 24.0 Å². The van der Waals surface area contributed by atoms with Gasteiger partial charge in [0.1, 0.15) is 5.69 Å². The lowest BCUT2D eigenvalue weighted by atomic mass is 10.1. The Morgan fingerprint density at radius 1 is 1.14 bits per heavy atom. The second kappa shape index (κ2) is 9.49. The highest BCUT2D eigenvalue weighted by atomic mass is 35.5. The first-order chi connectivity index (χ1) is 13.7. The lowest BCUT2D eigenvalue weighted by Crippen LogP contribution is -2.29. The van der Waals surface area contributed by atoms with Crippen LogP contribution in [0.4, 0.5) is 5.69 Å². The van der Waals surface area contributed by atoms with E-state index < -0.39 is 5.91 Å². The Morgan fingerprint density at radius 2 is 1.90 bits per heavy atom. The predicted octanol–water partition coefficient (Wildman–Crippen LogP) is 2.09. The molecule has 8 nitrogen and oxygen atoms in total. The largest absolute Gasteiger partial charge is 0.317 e. The highest BCUT2D eigenvalue weighted by molar-refractivity contribution is 6.02. The van der Waals surface area contributed by atoms with Gasteiger partial charge in [0.25, 0.3) is 11.5 Å². The third-order valence-corrected chi connectivity index (χ3v) is 4.89. The Hall–Kier alpha value is -2.97.